The van der Waals surface area contributed by atoms with E-state index in [-0.39, 0.29) is 6.10 Å². The molecule has 3 nitrogen and oxygen atoms in total. The fraction of sp³-hybridized carbons (Fsp3) is 0.267. The van der Waals surface area contributed by atoms with Crippen molar-refractivity contribution >= 4 is 0 Å². The summed E-state index contributed by atoms with van der Waals surface area (Å²) >= 11 is 0. The Morgan fingerprint density at radius 3 is 2.72 bits per heavy atom. The Morgan fingerprint density at radius 1 is 1.22 bits per heavy atom. The van der Waals surface area contributed by atoms with Gasteiger partial charge in [-0.05, 0) is 31.2 Å². The van der Waals surface area contributed by atoms with Crippen LogP contribution in [0.25, 0.3) is 0 Å². The summed E-state index contributed by atoms with van der Waals surface area (Å²) in [6, 6.07) is 14.1. The molecule has 2 rings (SSSR count). The van der Waals surface area contributed by atoms with Crippen molar-refractivity contribution in [2.45, 2.75) is 19.6 Å². The fourth-order valence-corrected chi connectivity index (χ4v) is 1.80. The minimum absolute atomic E-state index is 0.00327. The molecule has 0 aliphatic rings. The summed E-state index contributed by atoms with van der Waals surface area (Å²) in [7, 11) is 1.92. The van der Waals surface area contributed by atoms with E-state index in [0.717, 1.165) is 12.1 Å². The Labute approximate surface area is 108 Å². The Balaban J connectivity index is 2.07. The van der Waals surface area contributed by atoms with Crippen molar-refractivity contribution in [3.63, 3.8) is 0 Å². The summed E-state index contributed by atoms with van der Waals surface area (Å²) in [6.45, 7) is 2.85. The van der Waals surface area contributed by atoms with Crippen molar-refractivity contribution in [2.75, 3.05) is 7.05 Å². The highest BCUT2D eigenvalue weighted by molar-refractivity contribution is 5.23. The SMILES string of the molecule is CNCc1ccnc(OC(C)c2ccccc2)c1. The molecule has 94 valence electrons. The Hall–Kier alpha value is -1.87. The van der Waals surface area contributed by atoms with Gasteiger partial charge in [0.1, 0.15) is 6.10 Å². The van der Waals surface area contributed by atoms with E-state index in [4.69, 9.17) is 4.74 Å². The van der Waals surface area contributed by atoms with Crippen LogP contribution in [0.2, 0.25) is 0 Å². The molecule has 0 radical (unpaired) electrons. The lowest BCUT2D eigenvalue weighted by atomic mass is 10.1. The number of pyridine rings is 1. The zero-order valence-corrected chi connectivity index (χ0v) is 10.8. The molecular formula is C15H18N2O. The largest absolute Gasteiger partial charge is 0.470 e. The Morgan fingerprint density at radius 2 is 2.00 bits per heavy atom. The molecule has 0 fully saturated rings. The maximum absolute atomic E-state index is 5.85. The lowest BCUT2D eigenvalue weighted by Gasteiger charge is -2.14. The Bertz CT molecular complexity index is 485. The van der Waals surface area contributed by atoms with Crippen molar-refractivity contribution in [3.05, 3.63) is 59.8 Å². The predicted molar refractivity (Wildman–Crippen MR) is 72.5 cm³/mol. The third-order valence-corrected chi connectivity index (χ3v) is 2.75. The van der Waals surface area contributed by atoms with Gasteiger partial charge in [0.25, 0.3) is 0 Å². The van der Waals surface area contributed by atoms with E-state index < -0.39 is 0 Å². The van der Waals surface area contributed by atoms with E-state index in [0.29, 0.717) is 5.88 Å². The average Bonchev–Trinajstić information content (AvgIpc) is 2.40. The first-order valence-electron chi connectivity index (χ1n) is 6.10. The average molecular weight is 242 g/mol. The van der Waals surface area contributed by atoms with Crippen LogP contribution in [0.5, 0.6) is 5.88 Å². The topological polar surface area (TPSA) is 34.2 Å². The molecule has 0 spiro atoms. The molecule has 0 bridgehead atoms. The minimum atomic E-state index is 0.00327. The van der Waals surface area contributed by atoms with Gasteiger partial charge in [0, 0.05) is 18.8 Å². The summed E-state index contributed by atoms with van der Waals surface area (Å²) in [4.78, 5) is 4.24. The molecular weight excluding hydrogens is 224 g/mol. The van der Waals surface area contributed by atoms with E-state index in [1.54, 1.807) is 6.20 Å². The van der Waals surface area contributed by atoms with Crippen molar-refractivity contribution in [3.8, 4) is 5.88 Å². The van der Waals surface area contributed by atoms with E-state index >= 15 is 0 Å². The number of hydrogen-bond acceptors (Lipinski definition) is 3. The molecule has 0 amide bonds. The van der Waals surface area contributed by atoms with Gasteiger partial charge in [-0.15, -0.1) is 0 Å². The van der Waals surface area contributed by atoms with Gasteiger partial charge in [-0.1, -0.05) is 30.3 Å². The van der Waals surface area contributed by atoms with Crippen LogP contribution in [-0.4, -0.2) is 12.0 Å². The maximum atomic E-state index is 5.85. The molecule has 0 aliphatic heterocycles. The first kappa shape index (κ1) is 12.6. The van der Waals surface area contributed by atoms with Crippen LogP contribution < -0.4 is 10.1 Å². The second-order valence-electron chi connectivity index (χ2n) is 4.20. The third kappa shape index (κ3) is 3.31. The molecule has 1 N–H and O–H groups in total. The number of hydrogen-bond donors (Lipinski definition) is 1. The number of ether oxygens (including phenoxy) is 1. The van der Waals surface area contributed by atoms with Crippen LogP contribution in [-0.2, 0) is 6.54 Å². The van der Waals surface area contributed by atoms with Gasteiger partial charge in [-0.25, -0.2) is 4.98 Å². The first-order chi connectivity index (χ1) is 8.79. The van der Waals surface area contributed by atoms with Crippen LogP contribution >= 0.6 is 0 Å². The van der Waals surface area contributed by atoms with E-state index in [1.807, 2.05) is 44.3 Å². The molecule has 0 aliphatic carbocycles. The predicted octanol–water partition coefficient (Wildman–Crippen LogP) is 2.94. The second kappa shape index (κ2) is 6.17. The van der Waals surface area contributed by atoms with Gasteiger partial charge in [0.15, 0.2) is 0 Å². The van der Waals surface area contributed by atoms with Crippen LogP contribution in [0.3, 0.4) is 0 Å². The second-order valence-corrected chi connectivity index (χ2v) is 4.20. The van der Waals surface area contributed by atoms with Gasteiger partial charge >= 0.3 is 0 Å². The van der Waals surface area contributed by atoms with E-state index in [1.165, 1.54) is 5.56 Å². The van der Waals surface area contributed by atoms with Crippen LogP contribution in [0.4, 0.5) is 0 Å². The standard InChI is InChI=1S/C15H18N2O/c1-12(14-6-4-3-5-7-14)18-15-10-13(11-16-2)8-9-17-15/h3-10,12,16H,11H2,1-2H3. The van der Waals surface area contributed by atoms with Crippen LogP contribution in [0.15, 0.2) is 48.7 Å². The zero-order valence-electron chi connectivity index (χ0n) is 10.8. The summed E-state index contributed by atoms with van der Waals surface area (Å²) in [5.41, 5.74) is 2.32. The van der Waals surface area contributed by atoms with Gasteiger partial charge in [0.2, 0.25) is 5.88 Å². The van der Waals surface area contributed by atoms with Crippen LogP contribution in [0, 0.1) is 0 Å². The quantitative estimate of drug-likeness (QED) is 0.875. The Kier molecular flexibility index (Phi) is 4.31. The smallest absolute Gasteiger partial charge is 0.214 e. The molecule has 1 heterocycles. The monoisotopic (exact) mass is 242 g/mol. The number of nitrogens with zero attached hydrogens (tertiary/aromatic N) is 1. The molecule has 1 unspecified atom stereocenters. The number of rotatable bonds is 5. The lowest BCUT2D eigenvalue weighted by Crippen LogP contribution is -2.07. The molecule has 0 saturated heterocycles. The molecule has 3 heteroatoms. The third-order valence-electron chi connectivity index (χ3n) is 2.75. The number of nitrogens with one attached hydrogen (secondary N) is 1. The number of benzene rings is 1. The van der Waals surface area contributed by atoms with Crippen molar-refractivity contribution < 1.29 is 4.74 Å². The van der Waals surface area contributed by atoms with Crippen LogP contribution in [0.1, 0.15) is 24.2 Å². The van der Waals surface area contributed by atoms with Gasteiger partial charge < -0.3 is 10.1 Å². The first-order valence-corrected chi connectivity index (χ1v) is 6.10. The summed E-state index contributed by atoms with van der Waals surface area (Å²) < 4.78 is 5.85. The van der Waals surface area contributed by atoms with Gasteiger partial charge in [-0.3, -0.25) is 0 Å². The summed E-state index contributed by atoms with van der Waals surface area (Å²) in [6.07, 6.45) is 1.78. The summed E-state index contributed by atoms with van der Waals surface area (Å²) in [5.74, 6) is 0.666. The molecule has 0 saturated carbocycles. The van der Waals surface area contributed by atoms with E-state index in [2.05, 4.69) is 22.4 Å². The maximum Gasteiger partial charge on any atom is 0.214 e. The summed E-state index contributed by atoms with van der Waals surface area (Å²) in [5, 5.41) is 3.11. The highest BCUT2D eigenvalue weighted by Gasteiger charge is 2.07. The zero-order chi connectivity index (χ0) is 12.8. The van der Waals surface area contributed by atoms with E-state index in [9.17, 15) is 0 Å². The fourth-order valence-electron chi connectivity index (χ4n) is 1.80. The van der Waals surface area contributed by atoms with Crippen molar-refractivity contribution in [2.24, 2.45) is 0 Å². The van der Waals surface area contributed by atoms with Crippen molar-refractivity contribution in [1.29, 1.82) is 0 Å². The van der Waals surface area contributed by atoms with Crippen molar-refractivity contribution in [1.82, 2.24) is 10.3 Å². The molecule has 1 aromatic carbocycles. The normalized spacial score (nSPS) is 12.1. The van der Waals surface area contributed by atoms with Gasteiger partial charge in [0.05, 0.1) is 0 Å². The molecule has 18 heavy (non-hydrogen) atoms. The highest BCUT2D eigenvalue weighted by Crippen LogP contribution is 2.20. The molecule has 1 aromatic heterocycles. The molecule has 1 atom stereocenters. The van der Waals surface area contributed by atoms with Gasteiger partial charge in [-0.2, -0.15) is 0 Å². The molecule has 2 aromatic rings. The lowest BCUT2D eigenvalue weighted by molar-refractivity contribution is 0.217. The minimum Gasteiger partial charge on any atom is -0.470 e. The number of aromatic nitrogens is 1. The highest BCUT2D eigenvalue weighted by atomic mass is 16.5.